The first-order valence-electron chi connectivity index (χ1n) is 10.7. The smallest absolute Gasteiger partial charge is 0.225 e. The average molecular weight is 388 g/mol. The molecule has 2 fully saturated rings. The van der Waals surface area contributed by atoms with Crippen LogP contribution in [0.15, 0.2) is 24.3 Å². The van der Waals surface area contributed by atoms with E-state index in [9.17, 15) is 9.90 Å². The van der Waals surface area contributed by atoms with Gasteiger partial charge in [-0.15, -0.1) is 0 Å². The van der Waals surface area contributed by atoms with Crippen LogP contribution in [0.3, 0.4) is 0 Å². The van der Waals surface area contributed by atoms with E-state index in [1.165, 1.54) is 11.1 Å². The summed E-state index contributed by atoms with van der Waals surface area (Å²) in [5.74, 6) is 0.445. The van der Waals surface area contributed by atoms with Gasteiger partial charge in [-0.25, -0.2) is 0 Å². The SMILES string of the molecule is O=C(C1CCN(CC(O)CN2CCc3ccccc3C2)CC1)N1CCOCC1. The van der Waals surface area contributed by atoms with E-state index in [-0.39, 0.29) is 12.0 Å². The molecule has 1 unspecified atom stereocenters. The minimum Gasteiger partial charge on any atom is -0.390 e. The molecule has 1 aromatic rings. The van der Waals surface area contributed by atoms with Gasteiger partial charge in [-0.2, -0.15) is 0 Å². The number of piperidine rings is 1. The lowest BCUT2D eigenvalue weighted by Crippen LogP contribution is -2.48. The maximum absolute atomic E-state index is 12.6. The summed E-state index contributed by atoms with van der Waals surface area (Å²) in [6.07, 6.45) is 2.54. The van der Waals surface area contributed by atoms with Gasteiger partial charge in [0.05, 0.1) is 19.3 Å². The number of likely N-dealkylation sites (tertiary alicyclic amines) is 1. The van der Waals surface area contributed by atoms with Crippen LogP contribution >= 0.6 is 0 Å². The maximum Gasteiger partial charge on any atom is 0.225 e. The van der Waals surface area contributed by atoms with Crippen LogP contribution in [0.5, 0.6) is 0 Å². The van der Waals surface area contributed by atoms with Gasteiger partial charge in [0.1, 0.15) is 0 Å². The second-order valence-corrected chi connectivity index (χ2v) is 8.42. The highest BCUT2D eigenvalue weighted by Gasteiger charge is 2.30. The summed E-state index contributed by atoms with van der Waals surface area (Å²) in [5.41, 5.74) is 2.84. The second-order valence-electron chi connectivity index (χ2n) is 8.42. The van der Waals surface area contributed by atoms with Gasteiger partial charge in [0.25, 0.3) is 0 Å². The van der Waals surface area contributed by atoms with Crippen LogP contribution in [0.4, 0.5) is 0 Å². The molecule has 2 saturated heterocycles. The minimum atomic E-state index is -0.336. The molecular formula is C22H33N3O3. The summed E-state index contributed by atoms with van der Waals surface area (Å²) < 4.78 is 5.35. The van der Waals surface area contributed by atoms with E-state index in [2.05, 4.69) is 34.1 Å². The van der Waals surface area contributed by atoms with Gasteiger partial charge in [0, 0.05) is 45.2 Å². The fraction of sp³-hybridized carbons (Fsp3) is 0.682. The third kappa shape index (κ3) is 4.92. The van der Waals surface area contributed by atoms with Crippen molar-refractivity contribution in [2.24, 2.45) is 5.92 Å². The van der Waals surface area contributed by atoms with Crippen molar-refractivity contribution in [3.8, 4) is 0 Å². The number of β-amino-alcohol motifs (C(OH)–C–C–N with tert-alkyl or cyclic N) is 1. The van der Waals surface area contributed by atoms with Crippen molar-refractivity contribution >= 4 is 5.91 Å². The molecule has 4 rings (SSSR count). The number of hydrogen-bond donors (Lipinski definition) is 1. The molecule has 1 amide bonds. The first-order chi connectivity index (χ1) is 13.7. The number of hydrogen-bond acceptors (Lipinski definition) is 5. The van der Waals surface area contributed by atoms with E-state index in [0.717, 1.165) is 65.1 Å². The first kappa shape index (κ1) is 19.8. The molecule has 0 aliphatic carbocycles. The van der Waals surface area contributed by atoms with Gasteiger partial charge < -0.3 is 19.6 Å². The number of carbonyl (C=O) groups is 1. The van der Waals surface area contributed by atoms with Crippen LogP contribution < -0.4 is 0 Å². The standard InChI is InChI=1S/C22H33N3O3/c26-21(17-24-10-5-18-3-1-2-4-20(18)15-24)16-23-8-6-19(7-9-23)22(27)25-11-13-28-14-12-25/h1-4,19,21,26H,5-17H2. The molecule has 3 aliphatic rings. The zero-order chi connectivity index (χ0) is 19.3. The predicted molar refractivity (Wildman–Crippen MR) is 108 cm³/mol. The van der Waals surface area contributed by atoms with Gasteiger partial charge in [0.2, 0.25) is 5.91 Å². The Labute approximate surface area is 168 Å². The summed E-state index contributed by atoms with van der Waals surface area (Å²) in [4.78, 5) is 19.3. The highest BCUT2D eigenvalue weighted by Crippen LogP contribution is 2.22. The van der Waals surface area contributed by atoms with E-state index in [4.69, 9.17) is 4.74 Å². The number of aliphatic hydroxyl groups is 1. The number of ether oxygens (including phenoxy) is 1. The van der Waals surface area contributed by atoms with Crippen molar-refractivity contribution in [1.82, 2.24) is 14.7 Å². The van der Waals surface area contributed by atoms with Crippen LogP contribution in [0, 0.1) is 5.92 Å². The molecule has 0 radical (unpaired) electrons. The molecule has 0 spiro atoms. The number of morpholine rings is 1. The van der Waals surface area contributed by atoms with E-state index >= 15 is 0 Å². The fourth-order valence-electron chi connectivity index (χ4n) is 4.77. The molecular weight excluding hydrogens is 354 g/mol. The Hall–Kier alpha value is -1.47. The van der Waals surface area contributed by atoms with E-state index in [0.29, 0.717) is 25.7 Å². The summed E-state index contributed by atoms with van der Waals surface area (Å²) in [6, 6.07) is 8.62. The lowest BCUT2D eigenvalue weighted by Gasteiger charge is -2.37. The Morgan fingerprint density at radius 2 is 1.68 bits per heavy atom. The summed E-state index contributed by atoms with van der Waals surface area (Å²) >= 11 is 0. The van der Waals surface area contributed by atoms with Gasteiger partial charge in [0.15, 0.2) is 0 Å². The van der Waals surface area contributed by atoms with Crippen molar-refractivity contribution in [3.63, 3.8) is 0 Å². The van der Waals surface area contributed by atoms with Crippen molar-refractivity contribution in [1.29, 1.82) is 0 Å². The van der Waals surface area contributed by atoms with Crippen LogP contribution in [0.1, 0.15) is 24.0 Å². The van der Waals surface area contributed by atoms with E-state index in [1.54, 1.807) is 0 Å². The van der Waals surface area contributed by atoms with Crippen LogP contribution in [0.2, 0.25) is 0 Å². The van der Waals surface area contributed by atoms with Gasteiger partial charge in [-0.05, 0) is 43.5 Å². The molecule has 0 bridgehead atoms. The quantitative estimate of drug-likeness (QED) is 0.816. The molecule has 28 heavy (non-hydrogen) atoms. The Bertz CT molecular complexity index is 654. The maximum atomic E-state index is 12.6. The number of fused-ring (bicyclic) bond motifs is 1. The molecule has 3 aliphatic heterocycles. The van der Waals surface area contributed by atoms with Crippen molar-refractivity contribution in [3.05, 3.63) is 35.4 Å². The van der Waals surface area contributed by atoms with Crippen LogP contribution in [0.25, 0.3) is 0 Å². The Morgan fingerprint density at radius 1 is 1.00 bits per heavy atom. The van der Waals surface area contributed by atoms with Crippen LogP contribution in [-0.2, 0) is 22.5 Å². The minimum absolute atomic E-state index is 0.144. The first-order valence-corrected chi connectivity index (χ1v) is 10.7. The lowest BCUT2D eigenvalue weighted by molar-refractivity contribution is -0.141. The molecule has 3 heterocycles. The Kier molecular flexibility index (Phi) is 6.62. The zero-order valence-electron chi connectivity index (χ0n) is 16.8. The Morgan fingerprint density at radius 3 is 2.43 bits per heavy atom. The number of carbonyl (C=O) groups excluding carboxylic acids is 1. The molecule has 6 nitrogen and oxygen atoms in total. The summed E-state index contributed by atoms with van der Waals surface area (Å²) in [7, 11) is 0. The van der Waals surface area contributed by atoms with E-state index in [1.807, 2.05) is 4.90 Å². The number of amides is 1. The normalized spacial score (nSPS) is 23.4. The topological polar surface area (TPSA) is 56.3 Å². The zero-order valence-corrected chi connectivity index (χ0v) is 16.8. The third-order valence-corrected chi connectivity index (χ3v) is 6.41. The van der Waals surface area contributed by atoms with Crippen molar-refractivity contribution in [2.45, 2.75) is 31.9 Å². The monoisotopic (exact) mass is 387 g/mol. The third-order valence-electron chi connectivity index (χ3n) is 6.41. The number of aliphatic hydroxyl groups excluding tert-OH is 1. The predicted octanol–water partition coefficient (Wildman–Crippen LogP) is 0.976. The van der Waals surface area contributed by atoms with Crippen molar-refractivity contribution in [2.75, 3.05) is 59.0 Å². The Balaban J connectivity index is 1.19. The summed E-state index contributed by atoms with van der Waals surface area (Å²) in [6.45, 7) is 7.98. The fourth-order valence-corrected chi connectivity index (χ4v) is 4.77. The molecule has 1 atom stereocenters. The van der Waals surface area contributed by atoms with Crippen LogP contribution in [-0.4, -0.2) is 90.8 Å². The van der Waals surface area contributed by atoms with Gasteiger partial charge in [-0.1, -0.05) is 24.3 Å². The molecule has 0 aromatic heterocycles. The second kappa shape index (κ2) is 9.35. The number of benzene rings is 1. The number of rotatable bonds is 5. The molecule has 6 heteroatoms. The molecule has 154 valence electrons. The van der Waals surface area contributed by atoms with E-state index < -0.39 is 0 Å². The lowest BCUT2D eigenvalue weighted by atomic mass is 9.94. The average Bonchev–Trinajstić information content (AvgIpc) is 2.74. The number of nitrogens with zero attached hydrogens (tertiary/aromatic N) is 3. The largest absolute Gasteiger partial charge is 0.390 e. The highest BCUT2D eigenvalue weighted by molar-refractivity contribution is 5.79. The van der Waals surface area contributed by atoms with Crippen molar-refractivity contribution < 1.29 is 14.6 Å². The van der Waals surface area contributed by atoms with Gasteiger partial charge in [-0.3, -0.25) is 9.69 Å². The molecule has 1 N–H and O–H groups in total. The molecule has 0 saturated carbocycles. The molecule has 1 aromatic carbocycles. The highest BCUT2D eigenvalue weighted by atomic mass is 16.5. The summed E-state index contributed by atoms with van der Waals surface area (Å²) in [5, 5.41) is 10.6. The van der Waals surface area contributed by atoms with Gasteiger partial charge >= 0.3 is 0 Å².